The summed E-state index contributed by atoms with van der Waals surface area (Å²) in [5.74, 6) is 1.36. The lowest BCUT2D eigenvalue weighted by Crippen LogP contribution is -2.22. The molecule has 10 heteroatoms. The summed E-state index contributed by atoms with van der Waals surface area (Å²) in [5, 5.41) is 3.20. The molecule has 5 aromatic rings. The van der Waals surface area contributed by atoms with E-state index in [9.17, 15) is 9.59 Å². The van der Waals surface area contributed by atoms with Crippen LogP contribution in [0, 0.1) is 6.92 Å². The van der Waals surface area contributed by atoms with Gasteiger partial charge in [-0.2, -0.15) is 0 Å². The second-order valence-corrected chi connectivity index (χ2v) is 9.60. The minimum Gasteiger partial charge on any atom is -0.495 e. The van der Waals surface area contributed by atoms with Crippen LogP contribution in [-0.2, 0) is 5.75 Å². The summed E-state index contributed by atoms with van der Waals surface area (Å²) >= 11 is 8.81. The molecule has 0 aliphatic carbocycles. The Kier molecular flexibility index (Phi) is 5.69. The van der Waals surface area contributed by atoms with Crippen molar-refractivity contribution in [1.82, 2.24) is 19.5 Å². The first kappa shape index (κ1) is 21.7. The Hall–Kier alpha value is -3.14. The summed E-state index contributed by atoms with van der Waals surface area (Å²) in [6.07, 6.45) is 0. The van der Waals surface area contributed by atoms with Crippen molar-refractivity contribution < 1.29 is 4.74 Å². The van der Waals surface area contributed by atoms with Gasteiger partial charge in [0.15, 0.2) is 5.16 Å². The van der Waals surface area contributed by atoms with Crippen molar-refractivity contribution in [3.63, 3.8) is 0 Å². The van der Waals surface area contributed by atoms with Gasteiger partial charge in [0.2, 0.25) is 0 Å². The van der Waals surface area contributed by atoms with Gasteiger partial charge in [-0.15, -0.1) is 11.3 Å². The number of benzene rings is 2. The minimum atomic E-state index is -0.238. The average molecular weight is 497 g/mol. The van der Waals surface area contributed by atoms with Crippen molar-refractivity contribution in [3.8, 4) is 11.4 Å². The van der Waals surface area contributed by atoms with Crippen LogP contribution in [0.5, 0.6) is 5.75 Å². The molecule has 0 fully saturated rings. The number of nitrogens with one attached hydrogen (secondary N) is 1. The molecule has 1 N–H and O–H groups in total. The Labute approximate surface area is 201 Å². The molecule has 0 saturated heterocycles. The van der Waals surface area contributed by atoms with Crippen LogP contribution in [0.2, 0.25) is 5.02 Å². The zero-order chi connectivity index (χ0) is 23.1. The molecule has 0 saturated carbocycles. The molecular formula is C23H17ClN4O3S2. The molecule has 2 aromatic carbocycles. The van der Waals surface area contributed by atoms with Crippen LogP contribution in [0.15, 0.2) is 62.6 Å². The van der Waals surface area contributed by atoms with E-state index in [0.29, 0.717) is 54.3 Å². The van der Waals surface area contributed by atoms with E-state index >= 15 is 0 Å². The number of hydrogen-bond donors (Lipinski definition) is 1. The fraction of sp³-hybridized carbons (Fsp3) is 0.130. The lowest BCUT2D eigenvalue weighted by Gasteiger charge is -2.16. The predicted molar refractivity (Wildman–Crippen MR) is 133 cm³/mol. The van der Waals surface area contributed by atoms with Gasteiger partial charge in [-0.3, -0.25) is 14.2 Å². The van der Waals surface area contributed by atoms with Gasteiger partial charge < -0.3 is 9.72 Å². The fourth-order valence-corrected chi connectivity index (χ4v) is 5.31. The predicted octanol–water partition coefficient (Wildman–Crippen LogP) is 4.95. The smallest absolute Gasteiger partial charge is 0.268 e. The number of thioether (sulfide) groups is 1. The van der Waals surface area contributed by atoms with Crippen LogP contribution in [0.4, 0.5) is 0 Å². The van der Waals surface area contributed by atoms with Crippen LogP contribution < -0.4 is 15.9 Å². The molecule has 0 amide bonds. The maximum absolute atomic E-state index is 13.6. The average Bonchev–Trinajstić information content (AvgIpc) is 3.27. The molecule has 0 unspecified atom stereocenters. The third-order valence-corrected chi connectivity index (χ3v) is 7.17. The number of hydrogen-bond acceptors (Lipinski definition) is 7. The number of ether oxygens (including phenoxy) is 1. The van der Waals surface area contributed by atoms with Crippen molar-refractivity contribution in [2.75, 3.05) is 7.11 Å². The summed E-state index contributed by atoms with van der Waals surface area (Å²) in [7, 11) is 1.56. The van der Waals surface area contributed by atoms with E-state index in [1.54, 1.807) is 25.3 Å². The number of aryl methyl sites for hydroxylation is 1. The Morgan fingerprint density at radius 2 is 1.97 bits per heavy atom. The summed E-state index contributed by atoms with van der Waals surface area (Å²) in [6.45, 7) is 1.94. The standard InChI is InChI=1S/C23H17ClN4O3S2/c1-12-3-6-18(31-2)17(9-12)28-22(30)14-5-4-13(24)10-16(14)26-23(28)33-11-19-25-15-7-8-32-20(15)21(29)27-19/h3-10H,11H2,1-2H3,(H,25,27,29). The first-order valence-electron chi connectivity index (χ1n) is 9.91. The highest BCUT2D eigenvalue weighted by molar-refractivity contribution is 7.98. The van der Waals surface area contributed by atoms with E-state index in [1.165, 1.54) is 27.7 Å². The quantitative estimate of drug-likeness (QED) is 0.273. The zero-order valence-electron chi connectivity index (χ0n) is 17.6. The molecule has 0 aliphatic rings. The lowest BCUT2D eigenvalue weighted by atomic mass is 10.2. The van der Waals surface area contributed by atoms with Crippen molar-refractivity contribution in [2.45, 2.75) is 17.8 Å². The lowest BCUT2D eigenvalue weighted by molar-refractivity contribution is 0.411. The van der Waals surface area contributed by atoms with Gasteiger partial charge in [0.25, 0.3) is 11.1 Å². The first-order valence-corrected chi connectivity index (χ1v) is 12.2. The van der Waals surface area contributed by atoms with E-state index in [1.807, 2.05) is 36.6 Å². The fourth-order valence-electron chi connectivity index (χ4n) is 3.55. The van der Waals surface area contributed by atoms with E-state index in [2.05, 4.69) is 9.97 Å². The van der Waals surface area contributed by atoms with E-state index in [4.69, 9.17) is 21.3 Å². The zero-order valence-corrected chi connectivity index (χ0v) is 20.0. The summed E-state index contributed by atoms with van der Waals surface area (Å²) in [5.41, 5.74) is 2.28. The minimum absolute atomic E-state index is 0.179. The Balaban J connectivity index is 1.68. The molecule has 33 heavy (non-hydrogen) atoms. The first-order chi connectivity index (χ1) is 15.9. The second-order valence-electron chi connectivity index (χ2n) is 7.31. The SMILES string of the molecule is COc1ccc(C)cc1-n1c(SCc2nc3ccsc3c(=O)[nH]2)nc2cc(Cl)ccc2c1=O. The number of methoxy groups -OCH3 is 1. The third-order valence-electron chi connectivity index (χ3n) is 5.08. The van der Waals surface area contributed by atoms with Gasteiger partial charge in [-0.25, -0.2) is 9.97 Å². The van der Waals surface area contributed by atoms with Crippen LogP contribution in [0.25, 0.3) is 26.8 Å². The number of fused-ring (bicyclic) bond motifs is 2. The van der Waals surface area contributed by atoms with Gasteiger partial charge in [0.05, 0.1) is 35.0 Å². The number of H-pyrrole nitrogens is 1. The van der Waals surface area contributed by atoms with Crippen molar-refractivity contribution in [3.05, 3.63) is 85.0 Å². The van der Waals surface area contributed by atoms with E-state index in [0.717, 1.165) is 5.56 Å². The van der Waals surface area contributed by atoms with Gasteiger partial charge >= 0.3 is 0 Å². The number of aromatic nitrogens is 4. The van der Waals surface area contributed by atoms with Crippen molar-refractivity contribution in [1.29, 1.82) is 0 Å². The van der Waals surface area contributed by atoms with Crippen LogP contribution in [-0.4, -0.2) is 26.6 Å². The summed E-state index contributed by atoms with van der Waals surface area (Å²) in [6, 6.07) is 12.4. The van der Waals surface area contributed by atoms with Gasteiger partial charge in [-0.05, 0) is 54.3 Å². The van der Waals surface area contributed by atoms with E-state index in [-0.39, 0.29) is 11.1 Å². The molecular weight excluding hydrogens is 480 g/mol. The Morgan fingerprint density at radius 1 is 1.12 bits per heavy atom. The van der Waals surface area contributed by atoms with Gasteiger partial charge in [0.1, 0.15) is 16.3 Å². The number of nitrogens with zero attached hydrogens (tertiary/aromatic N) is 3. The molecule has 0 spiro atoms. The summed E-state index contributed by atoms with van der Waals surface area (Å²) in [4.78, 5) is 38.0. The summed E-state index contributed by atoms with van der Waals surface area (Å²) < 4.78 is 7.66. The highest BCUT2D eigenvalue weighted by Gasteiger charge is 2.18. The topological polar surface area (TPSA) is 89.9 Å². The van der Waals surface area contributed by atoms with E-state index < -0.39 is 0 Å². The Morgan fingerprint density at radius 3 is 2.79 bits per heavy atom. The number of rotatable bonds is 5. The molecule has 0 atom stereocenters. The molecule has 5 rings (SSSR count). The maximum Gasteiger partial charge on any atom is 0.268 e. The molecule has 0 radical (unpaired) electrons. The van der Waals surface area contributed by atoms with Crippen LogP contribution in [0.3, 0.4) is 0 Å². The molecule has 3 heterocycles. The third kappa shape index (κ3) is 4.03. The number of aromatic amines is 1. The second kappa shape index (κ2) is 8.66. The molecule has 0 bridgehead atoms. The highest BCUT2D eigenvalue weighted by Crippen LogP contribution is 2.30. The Bertz CT molecular complexity index is 1640. The monoisotopic (exact) mass is 496 g/mol. The molecule has 166 valence electrons. The number of halogens is 1. The normalized spacial score (nSPS) is 11.4. The van der Waals surface area contributed by atoms with Crippen LogP contribution in [0.1, 0.15) is 11.4 Å². The van der Waals surface area contributed by atoms with Gasteiger partial charge in [-0.1, -0.05) is 29.4 Å². The molecule has 0 aliphatic heterocycles. The highest BCUT2D eigenvalue weighted by atomic mass is 35.5. The van der Waals surface area contributed by atoms with Crippen LogP contribution >= 0.6 is 34.7 Å². The molecule has 3 aromatic heterocycles. The number of thiophene rings is 1. The maximum atomic E-state index is 13.6. The molecule has 7 nitrogen and oxygen atoms in total. The van der Waals surface area contributed by atoms with Gasteiger partial charge in [0, 0.05) is 5.02 Å². The van der Waals surface area contributed by atoms with Crippen molar-refractivity contribution >= 4 is 55.8 Å². The van der Waals surface area contributed by atoms with Crippen molar-refractivity contribution in [2.24, 2.45) is 0 Å². The largest absolute Gasteiger partial charge is 0.495 e.